The van der Waals surface area contributed by atoms with E-state index in [0.29, 0.717) is 22.9 Å². The van der Waals surface area contributed by atoms with Gasteiger partial charge in [-0.25, -0.2) is 8.78 Å². The van der Waals surface area contributed by atoms with Crippen molar-refractivity contribution in [1.82, 2.24) is 4.90 Å². The van der Waals surface area contributed by atoms with Gasteiger partial charge in [-0.2, -0.15) is 0 Å². The monoisotopic (exact) mass is 317 g/mol. The molecule has 2 unspecified atom stereocenters. The molecular formula is C14H18BrF2N. The molecule has 1 nitrogen and oxygen atoms in total. The Labute approximate surface area is 115 Å². The zero-order valence-electron chi connectivity index (χ0n) is 10.7. The number of hydrogen-bond acceptors (Lipinski definition) is 1. The first-order chi connectivity index (χ1) is 8.47. The molecule has 1 aliphatic heterocycles. The summed E-state index contributed by atoms with van der Waals surface area (Å²) in [6, 6.07) is 2.73. The minimum atomic E-state index is -0.471. The lowest BCUT2D eigenvalue weighted by Crippen LogP contribution is -2.38. The number of hydrogen-bond donors (Lipinski definition) is 0. The Morgan fingerprint density at radius 3 is 2.44 bits per heavy atom. The molecule has 1 heterocycles. The molecule has 1 aliphatic rings. The first kappa shape index (κ1) is 13.9. The summed E-state index contributed by atoms with van der Waals surface area (Å²) in [6.45, 7) is 6.56. The Morgan fingerprint density at radius 1 is 1.22 bits per heavy atom. The Morgan fingerprint density at radius 2 is 1.83 bits per heavy atom. The molecule has 100 valence electrons. The summed E-state index contributed by atoms with van der Waals surface area (Å²) in [7, 11) is 0. The molecule has 1 fully saturated rings. The average Bonchev–Trinajstić information content (AvgIpc) is 2.28. The van der Waals surface area contributed by atoms with E-state index in [1.807, 2.05) is 0 Å². The van der Waals surface area contributed by atoms with E-state index in [-0.39, 0.29) is 5.56 Å². The summed E-state index contributed by atoms with van der Waals surface area (Å²) in [6.07, 6.45) is 1.19. The lowest BCUT2D eigenvalue weighted by Gasteiger charge is -2.35. The van der Waals surface area contributed by atoms with Crippen molar-refractivity contribution in [3.05, 3.63) is 33.8 Å². The fourth-order valence-corrected chi connectivity index (χ4v) is 3.23. The number of likely N-dealkylation sites (tertiary alicyclic amines) is 1. The number of nitrogens with zero attached hydrogens (tertiary/aromatic N) is 1. The van der Waals surface area contributed by atoms with E-state index >= 15 is 0 Å². The van der Waals surface area contributed by atoms with E-state index < -0.39 is 11.6 Å². The SMILES string of the molecule is CC1CC(C)CN(Cc2c(F)ccc(Br)c2F)C1. The molecule has 0 N–H and O–H groups in total. The number of piperidine rings is 1. The highest BCUT2D eigenvalue weighted by Gasteiger charge is 2.24. The van der Waals surface area contributed by atoms with Crippen LogP contribution in [-0.2, 0) is 6.54 Å². The maximum absolute atomic E-state index is 13.9. The van der Waals surface area contributed by atoms with Crippen LogP contribution in [0.3, 0.4) is 0 Å². The van der Waals surface area contributed by atoms with Crippen LogP contribution in [0.2, 0.25) is 0 Å². The third-order valence-electron chi connectivity index (χ3n) is 3.47. The molecule has 1 aromatic carbocycles. The molecule has 0 radical (unpaired) electrons. The van der Waals surface area contributed by atoms with Gasteiger partial charge in [-0.15, -0.1) is 0 Å². The number of benzene rings is 1. The molecule has 2 atom stereocenters. The van der Waals surface area contributed by atoms with Gasteiger partial charge in [-0.1, -0.05) is 13.8 Å². The van der Waals surface area contributed by atoms with Gasteiger partial charge in [0.25, 0.3) is 0 Å². The van der Waals surface area contributed by atoms with E-state index in [9.17, 15) is 8.78 Å². The Bertz CT molecular complexity index is 426. The molecule has 0 aliphatic carbocycles. The van der Waals surface area contributed by atoms with E-state index in [1.54, 1.807) is 0 Å². The third-order valence-corrected chi connectivity index (χ3v) is 4.08. The van der Waals surface area contributed by atoms with Crippen molar-refractivity contribution in [2.24, 2.45) is 11.8 Å². The second kappa shape index (κ2) is 5.66. The lowest BCUT2D eigenvalue weighted by atomic mass is 9.91. The minimum Gasteiger partial charge on any atom is -0.298 e. The standard InChI is InChI=1S/C14H18BrF2N/c1-9-5-10(2)7-18(6-9)8-11-13(16)4-3-12(15)14(11)17/h3-4,9-10H,5-8H2,1-2H3. The first-order valence-electron chi connectivity index (χ1n) is 6.32. The smallest absolute Gasteiger partial charge is 0.144 e. The summed E-state index contributed by atoms with van der Waals surface area (Å²) in [4.78, 5) is 2.15. The lowest BCUT2D eigenvalue weighted by molar-refractivity contribution is 0.131. The van der Waals surface area contributed by atoms with Crippen molar-refractivity contribution < 1.29 is 8.78 Å². The van der Waals surface area contributed by atoms with Crippen LogP contribution in [0.1, 0.15) is 25.8 Å². The first-order valence-corrected chi connectivity index (χ1v) is 7.11. The highest BCUT2D eigenvalue weighted by atomic mass is 79.9. The van der Waals surface area contributed by atoms with Crippen molar-refractivity contribution in [3.8, 4) is 0 Å². The van der Waals surface area contributed by atoms with Gasteiger partial charge in [-0.3, -0.25) is 4.90 Å². The molecule has 2 rings (SSSR count). The van der Waals surface area contributed by atoms with E-state index in [0.717, 1.165) is 13.1 Å². The summed E-state index contributed by atoms with van der Waals surface area (Å²) in [5, 5.41) is 0. The van der Waals surface area contributed by atoms with Crippen LogP contribution < -0.4 is 0 Å². The fraction of sp³-hybridized carbons (Fsp3) is 0.571. The Balaban J connectivity index is 2.16. The van der Waals surface area contributed by atoms with Crippen molar-refractivity contribution in [2.75, 3.05) is 13.1 Å². The molecule has 4 heteroatoms. The van der Waals surface area contributed by atoms with Gasteiger partial charge in [-0.05, 0) is 46.3 Å². The zero-order valence-corrected chi connectivity index (χ0v) is 12.3. The van der Waals surface area contributed by atoms with Crippen molar-refractivity contribution in [3.63, 3.8) is 0 Å². The quantitative estimate of drug-likeness (QED) is 0.739. The predicted octanol–water partition coefficient (Wildman–Crippen LogP) is 4.21. The summed E-state index contributed by atoms with van der Waals surface area (Å²) < 4.78 is 27.9. The van der Waals surface area contributed by atoms with Crippen LogP contribution >= 0.6 is 15.9 Å². The summed E-state index contributed by atoms with van der Waals surface area (Å²) in [5.41, 5.74) is 0.172. The molecule has 0 aromatic heterocycles. The topological polar surface area (TPSA) is 3.24 Å². The van der Waals surface area contributed by atoms with Crippen LogP contribution in [0, 0.1) is 23.5 Å². The van der Waals surface area contributed by atoms with Crippen molar-refractivity contribution in [1.29, 1.82) is 0 Å². The van der Waals surface area contributed by atoms with Gasteiger partial charge in [0.05, 0.1) is 4.47 Å². The van der Waals surface area contributed by atoms with Gasteiger partial charge in [0.15, 0.2) is 0 Å². The van der Waals surface area contributed by atoms with Crippen LogP contribution in [0.4, 0.5) is 8.78 Å². The van der Waals surface area contributed by atoms with Crippen molar-refractivity contribution >= 4 is 15.9 Å². The number of halogens is 3. The minimum absolute atomic E-state index is 0.172. The molecular weight excluding hydrogens is 300 g/mol. The zero-order chi connectivity index (χ0) is 13.3. The molecule has 1 saturated heterocycles. The largest absolute Gasteiger partial charge is 0.298 e. The molecule has 0 amide bonds. The second-order valence-corrected chi connectivity index (χ2v) is 6.32. The van der Waals surface area contributed by atoms with E-state index in [2.05, 4.69) is 34.7 Å². The van der Waals surface area contributed by atoms with Gasteiger partial charge in [0.2, 0.25) is 0 Å². The predicted molar refractivity (Wildman–Crippen MR) is 72.3 cm³/mol. The molecule has 0 bridgehead atoms. The summed E-state index contributed by atoms with van der Waals surface area (Å²) in [5.74, 6) is 0.251. The molecule has 18 heavy (non-hydrogen) atoms. The van der Waals surface area contributed by atoms with Crippen LogP contribution in [0.15, 0.2) is 16.6 Å². The van der Waals surface area contributed by atoms with Gasteiger partial charge < -0.3 is 0 Å². The van der Waals surface area contributed by atoms with E-state index in [1.165, 1.54) is 18.6 Å². The highest BCUT2D eigenvalue weighted by Crippen LogP contribution is 2.26. The second-order valence-electron chi connectivity index (χ2n) is 5.46. The summed E-state index contributed by atoms with van der Waals surface area (Å²) >= 11 is 3.11. The maximum Gasteiger partial charge on any atom is 0.144 e. The van der Waals surface area contributed by atoms with Gasteiger partial charge in [0, 0.05) is 25.2 Å². The van der Waals surface area contributed by atoms with Gasteiger partial charge in [0.1, 0.15) is 11.6 Å². The van der Waals surface area contributed by atoms with Crippen LogP contribution in [0.25, 0.3) is 0 Å². The van der Waals surface area contributed by atoms with Crippen LogP contribution in [-0.4, -0.2) is 18.0 Å². The molecule has 0 saturated carbocycles. The van der Waals surface area contributed by atoms with Gasteiger partial charge >= 0.3 is 0 Å². The van der Waals surface area contributed by atoms with Crippen molar-refractivity contribution in [2.45, 2.75) is 26.8 Å². The van der Waals surface area contributed by atoms with E-state index in [4.69, 9.17) is 0 Å². The fourth-order valence-electron chi connectivity index (χ4n) is 2.86. The average molecular weight is 318 g/mol. The number of rotatable bonds is 2. The highest BCUT2D eigenvalue weighted by molar-refractivity contribution is 9.10. The molecule has 1 aromatic rings. The van der Waals surface area contributed by atoms with Crippen LogP contribution in [0.5, 0.6) is 0 Å². The third kappa shape index (κ3) is 3.09. The maximum atomic E-state index is 13.9. The Hall–Kier alpha value is -0.480. The Kier molecular flexibility index (Phi) is 4.38. The normalized spacial score (nSPS) is 25.4. The molecule has 0 spiro atoms.